The Morgan fingerprint density at radius 3 is 2.50 bits per heavy atom. The van der Waals surface area contributed by atoms with Crippen LogP contribution in [0.4, 0.5) is 0 Å². The molecule has 0 saturated heterocycles. The van der Waals surface area contributed by atoms with E-state index in [-0.39, 0.29) is 11.5 Å². The summed E-state index contributed by atoms with van der Waals surface area (Å²) in [5.41, 5.74) is 1.50. The van der Waals surface area contributed by atoms with Gasteiger partial charge in [-0.1, -0.05) is 25.5 Å². The topological polar surface area (TPSA) is 40.5 Å². The predicted octanol–water partition coefficient (Wildman–Crippen LogP) is 4.06. The molecule has 0 heterocycles. The molecule has 22 heavy (non-hydrogen) atoms. The monoisotopic (exact) mass is 304 g/mol. The van der Waals surface area contributed by atoms with Gasteiger partial charge in [0.05, 0.1) is 11.7 Å². The Labute approximate surface area is 135 Å². The fourth-order valence-corrected chi connectivity index (χ4v) is 6.89. The van der Waals surface area contributed by atoms with Crippen molar-refractivity contribution >= 4 is 0 Å². The van der Waals surface area contributed by atoms with E-state index in [0.717, 1.165) is 37.5 Å². The highest BCUT2D eigenvalue weighted by Gasteiger charge is 2.61. The van der Waals surface area contributed by atoms with Crippen molar-refractivity contribution < 1.29 is 10.2 Å². The molecule has 0 aromatic rings. The summed E-state index contributed by atoms with van der Waals surface area (Å²) in [5, 5.41) is 21.0. The Morgan fingerprint density at radius 2 is 1.73 bits per heavy atom. The molecule has 0 aliphatic heterocycles. The van der Waals surface area contributed by atoms with Crippen LogP contribution in [0.15, 0.2) is 11.6 Å². The molecule has 3 fully saturated rings. The Hall–Kier alpha value is -0.340. The van der Waals surface area contributed by atoms with Crippen molar-refractivity contribution in [2.45, 2.75) is 83.8 Å². The van der Waals surface area contributed by atoms with E-state index in [2.05, 4.69) is 26.8 Å². The highest BCUT2D eigenvalue weighted by Crippen LogP contribution is 2.66. The zero-order valence-electron chi connectivity index (χ0n) is 14.4. The number of aliphatic hydroxyl groups excluding tert-OH is 1. The van der Waals surface area contributed by atoms with Gasteiger partial charge in [0, 0.05) is 0 Å². The maximum Gasteiger partial charge on any atom is 0.0675 e. The van der Waals surface area contributed by atoms with Gasteiger partial charge in [-0.25, -0.2) is 0 Å². The molecular weight excluding hydrogens is 272 g/mol. The fourth-order valence-electron chi connectivity index (χ4n) is 6.89. The number of allylic oxidation sites excluding steroid dienone is 1. The van der Waals surface area contributed by atoms with Crippen LogP contribution in [0.25, 0.3) is 0 Å². The molecule has 2 heteroatoms. The van der Waals surface area contributed by atoms with Crippen LogP contribution < -0.4 is 0 Å². The smallest absolute Gasteiger partial charge is 0.0675 e. The molecule has 4 aliphatic carbocycles. The quantitative estimate of drug-likeness (QED) is 0.663. The molecule has 0 amide bonds. The van der Waals surface area contributed by atoms with Crippen molar-refractivity contribution in [3.63, 3.8) is 0 Å². The molecule has 7 atom stereocenters. The van der Waals surface area contributed by atoms with Crippen molar-refractivity contribution in [1.29, 1.82) is 0 Å². The highest BCUT2D eigenvalue weighted by atomic mass is 16.3. The van der Waals surface area contributed by atoms with E-state index in [1.165, 1.54) is 25.7 Å². The molecular formula is C20H32O2. The normalized spacial score (nSPS) is 57.6. The Kier molecular flexibility index (Phi) is 3.18. The summed E-state index contributed by atoms with van der Waals surface area (Å²) in [6, 6.07) is 0. The number of rotatable bonds is 0. The number of hydrogen-bond donors (Lipinski definition) is 2. The van der Waals surface area contributed by atoms with Gasteiger partial charge in [-0.05, 0) is 86.9 Å². The minimum atomic E-state index is -0.476. The molecule has 0 aromatic heterocycles. The first kappa shape index (κ1) is 15.2. The number of aliphatic hydroxyl groups is 2. The molecule has 2 N–H and O–H groups in total. The first-order valence-corrected chi connectivity index (χ1v) is 9.38. The Bertz CT molecular complexity index is 508. The third-order valence-corrected chi connectivity index (χ3v) is 8.64. The second kappa shape index (κ2) is 4.60. The van der Waals surface area contributed by atoms with Crippen molar-refractivity contribution in [1.82, 2.24) is 0 Å². The molecule has 0 aromatic carbocycles. The molecule has 3 saturated carbocycles. The summed E-state index contributed by atoms with van der Waals surface area (Å²) in [7, 11) is 0. The lowest BCUT2D eigenvalue weighted by Crippen LogP contribution is -2.53. The van der Waals surface area contributed by atoms with Crippen molar-refractivity contribution in [3.8, 4) is 0 Å². The van der Waals surface area contributed by atoms with Crippen LogP contribution in [-0.4, -0.2) is 21.9 Å². The summed E-state index contributed by atoms with van der Waals surface area (Å²) in [6.07, 6.45) is 11.2. The van der Waals surface area contributed by atoms with E-state index in [4.69, 9.17) is 0 Å². The molecule has 2 nitrogen and oxygen atoms in total. The van der Waals surface area contributed by atoms with E-state index in [0.29, 0.717) is 11.3 Å². The summed E-state index contributed by atoms with van der Waals surface area (Å²) < 4.78 is 0. The average molecular weight is 304 g/mol. The first-order chi connectivity index (χ1) is 10.3. The van der Waals surface area contributed by atoms with E-state index in [1.807, 2.05) is 0 Å². The Morgan fingerprint density at radius 1 is 1.00 bits per heavy atom. The lowest BCUT2D eigenvalue weighted by Gasteiger charge is -2.58. The predicted molar refractivity (Wildman–Crippen MR) is 88.3 cm³/mol. The van der Waals surface area contributed by atoms with Crippen molar-refractivity contribution in [3.05, 3.63) is 11.6 Å². The zero-order chi connectivity index (χ0) is 15.8. The van der Waals surface area contributed by atoms with E-state index in [9.17, 15) is 10.2 Å². The van der Waals surface area contributed by atoms with Crippen LogP contribution in [0.2, 0.25) is 0 Å². The maximum atomic E-state index is 10.9. The van der Waals surface area contributed by atoms with Crippen LogP contribution in [0.1, 0.15) is 72.1 Å². The molecule has 4 rings (SSSR count). The molecule has 0 bridgehead atoms. The van der Waals surface area contributed by atoms with Crippen LogP contribution in [0.3, 0.4) is 0 Å². The summed E-state index contributed by atoms with van der Waals surface area (Å²) in [4.78, 5) is 0. The van der Waals surface area contributed by atoms with Gasteiger partial charge < -0.3 is 10.2 Å². The van der Waals surface area contributed by atoms with Gasteiger partial charge in [0.15, 0.2) is 0 Å². The van der Waals surface area contributed by atoms with E-state index < -0.39 is 5.60 Å². The lowest BCUT2D eigenvalue weighted by atomic mass is 9.47. The van der Waals surface area contributed by atoms with E-state index >= 15 is 0 Å². The van der Waals surface area contributed by atoms with Gasteiger partial charge in [-0.15, -0.1) is 0 Å². The summed E-state index contributed by atoms with van der Waals surface area (Å²) in [5.74, 6) is 2.20. The molecule has 0 unspecified atom stereocenters. The van der Waals surface area contributed by atoms with E-state index in [1.54, 1.807) is 5.57 Å². The lowest BCUT2D eigenvalue weighted by molar-refractivity contribution is -0.115. The minimum Gasteiger partial charge on any atom is -0.393 e. The van der Waals surface area contributed by atoms with Crippen LogP contribution in [0, 0.1) is 28.6 Å². The van der Waals surface area contributed by atoms with Gasteiger partial charge >= 0.3 is 0 Å². The average Bonchev–Trinajstić information content (AvgIpc) is 2.70. The molecule has 124 valence electrons. The second-order valence-corrected chi connectivity index (χ2v) is 9.42. The van der Waals surface area contributed by atoms with Gasteiger partial charge in [0.25, 0.3) is 0 Å². The van der Waals surface area contributed by atoms with Gasteiger partial charge in [0.2, 0.25) is 0 Å². The summed E-state index contributed by atoms with van der Waals surface area (Å²) in [6.45, 7) is 6.90. The minimum absolute atomic E-state index is 0.114. The van der Waals surface area contributed by atoms with Crippen LogP contribution >= 0.6 is 0 Å². The number of fused-ring (bicyclic) bond motifs is 5. The maximum absolute atomic E-state index is 10.9. The number of hydrogen-bond acceptors (Lipinski definition) is 2. The SMILES string of the molecule is C[C@]12CC[C@H](O)CC1=CC[C@H]1[C@H]2CC[C@]2(C)[C@@H]1CC[C@]2(C)O. The second-order valence-electron chi connectivity index (χ2n) is 9.42. The van der Waals surface area contributed by atoms with Gasteiger partial charge in [0.1, 0.15) is 0 Å². The van der Waals surface area contributed by atoms with Gasteiger partial charge in [-0.2, -0.15) is 0 Å². The van der Waals surface area contributed by atoms with Crippen LogP contribution in [0.5, 0.6) is 0 Å². The molecule has 0 radical (unpaired) electrons. The Balaban J connectivity index is 1.69. The highest BCUT2D eigenvalue weighted by molar-refractivity contribution is 5.26. The van der Waals surface area contributed by atoms with Crippen LogP contribution in [-0.2, 0) is 0 Å². The summed E-state index contributed by atoms with van der Waals surface area (Å²) >= 11 is 0. The third kappa shape index (κ3) is 1.80. The third-order valence-electron chi connectivity index (χ3n) is 8.64. The molecule has 4 aliphatic rings. The fraction of sp³-hybridized carbons (Fsp3) is 0.900. The zero-order valence-corrected chi connectivity index (χ0v) is 14.4. The van der Waals surface area contributed by atoms with Crippen molar-refractivity contribution in [2.24, 2.45) is 28.6 Å². The standard InChI is InChI=1S/C20H32O2/c1-18-9-6-14(21)12-13(18)4-5-15-16(18)7-10-19(2)17(15)8-11-20(19,3)22/h4,14-17,21-22H,5-12H2,1-3H3/t14-,15-,16+,17+,18-,19+,20-/m0/s1. The largest absolute Gasteiger partial charge is 0.393 e. The molecule has 0 spiro atoms. The first-order valence-electron chi connectivity index (χ1n) is 9.38. The van der Waals surface area contributed by atoms with Crippen molar-refractivity contribution in [2.75, 3.05) is 0 Å². The van der Waals surface area contributed by atoms with Gasteiger partial charge in [-0.3, -0.25) is 0 Å².